The standard InChI is InChI=1S/C20H31N3O3/c1-5-7-18(24)23(13-16-8-6-10-21-12-16)15-17-9-11-22(14-17)19(25)26-20(2,3)4/h6,8,10,12,17H,5,7,9,11,13-15H2,1-4H3. The summed E-state index contributed by atoms with van der Waals surface area (Å²) in [6.45, 7) is 10.2. The van der Waals surface area contributed by atoms with Crippen molar-refractivity contribution in [1.29, 1.82) is 0 Å². The zero-order valence-electron chi connectivity index (χ0n) is 16.4. The molecule has 0 aliphatic carbocycles. The molecule has 2 rings (SSSR count). The first-order chi connectivity index (χ1) is 12.3. The smallest absolute Gasteiger partial charge is 0.410 e. The van der Waals surface area contributed by atoms with Crippen LogP contribution in [0.15, 0.2) is 24.5 Å². The molecule has 6 heteroatoms. The van der Waals surface area contributed by atoms with Crippen molar-refractivity contribution in [3.63, 3.8) is 0 Å². The lowest BCUT2D eigenvalue weighted by Gasteiger charge is -2.27. The van der Waals surface area contributed by atoms with Gasteiger partial charge >= 0.3 is 6.09 Å². The summed E-state index contributed by atoms with van der Waals surface area (Å²) < 4.78 is 5.45. The second kappa shape index (κ2) is 9.01. The molecule has 1 unspecified atom stereocenters. The molecule has 1 saturated heterocycles. The summed E-state index contributed by atoms with van der Waals surface area (Å²) in [7, 11) is 0. The van der Waals surface area contributed by atoms with E-state index in [4.69, 9.17) is 4.74 Å². The molecule has 26 heavy (non-hydrogen) atoms. The second-order valence-electron chi connectivity index (χ2n) is 7.97. The van der Waals surface area contributed by atoms with Crippen LogP contribution in [0.1, 0.15) is 52.5 Å². The molecule has 1 aromatic rings. The van der Waals surface area contributed by atoms with Gasteiger partial charge in [-0.15, -0.1) is 0 Å². The summed E-state index contributed by atoms with van der Waals surface area (Å²) in [5, 5.41) is 0. The average molecular weight is 361 g/mol. The van der Waals surface area contributed by atoms with E-state index in [1.54, 1.807) is 17.3 Å². The van der Waals surface area contributed by atoms with Crippen molar-refractivity contribution in [3.8, 4) is 0 Å². The predicted octanol–water partition coefficient (Wildman–Crippen LogP) is 3.47. The van der Waals surface area contributed by atoms with Crippen molar-refractivity contribution in [2.75, 3.05) is 19.6 Å². The fourth-order valence-corrected chi connectivity index (χ4v) is 3.12. The van der Waals surface area contributed by atoms with Crippen LogP contribution in [0.3, 0.4) is 0 Å². The highest BCUT2D eigenvalue weighted by Gasteiger charge is 2.31. The van der Waals surface area contributed by atoms with Gasteiger partial charge in [-0.1, -0.05) is 13.0 Å². The maximum atomic E-state index is 12.5. The highest BCUT2D eigenvalue weighted by molar-refractivity contribution is 5.76. The normalized spacial score (nSPS) is 17.2. The van der Waals surface area contributed by atoms with Crippen molar-refractivity contribution in [2.24, 2.45) is 5.92 Å². The third-order valence-corrected chi connectivity index (χ3v) is 4.33. The van der Waals surface area contributed by atoms with Crippen LogP contribution in [0.25, 0.3) is 0 Å². The molecule has 0 N–H and O–H groups in total. The molecule has 0 saturated carbocycles. The Hall–Kier alpha value is -2.11. The third-order valence-electron chi connectivity index (χ3n) is 4.33. The molecule has 0 aromatic carbocycles. The van der Waals surface area contributed by atoms with Crippen LogP contribution >= 0.6 is 0 Å². The van der Waals surface area contributed by atoms with Gasteiger partial charge in [0, 0.05) is 45.0 Å². The number of likely N-dealkylation sites (tertiary alicyclic amines) is 1. The van der Waals surface area contributed by atoms with E-state index in [1.807, 2.05) is 44.7 Å². The maximum Gasteiger partial charge on any atom is 0.410 e. The molecule has 2 heterocycles. The van der Waals surface area contributed by atoms with Crippen molar-refractivity contribution in [3.05, 3.63) is 30.1 Å². The highest BCUT2D eigenvalue weighted by Crippen LogP contribution is 2.21. The van der Waals surface area contributed by atoms with Gasteiger partial charge in [0.15, 0.2) is 0 Å². The lowest BCUT2D eigenvalue weighted by molar-refractivity contribution is -0.132. The van der Waals surface area contributed by atoms with Gasteiger partial charge < -0.3 is 14.5 Å². The van der Waals surface area contributed by atoms with Crippen molar-refractivity contribution >= 4 is 12.0 Å². The van der Waals surface area contributed by atoms with E-state index in [-0.39, 0.29) is 17.9 Å². The van der Waals surface area contributed by atoms with Crippen LogP contribution in [-0.4, -0.2) is 52.0 Å². The molecule has 0 bridgehead atoms. The van der Waals surface area contributed by atoms with Gasteiger partial charge in [0.25, 0.3) is 0 Å². The van der Waals surface area contributed by atoms with Crippen LogP contribution in [0, 0.1) is 5.92 Å². The minimum absolute atomic E-state index is 0.159. The second-order valence-corrected chi connectivity index (χ2v) is 7.97. The van der Waals surface area contributed by atoms with E-state index in [1.165, 1.54) is 0 Å². The summed E-state index contributed by atoms with van der Waals surface area (Å²) >= 11 is 0. The molecule has 1 aliphatic heterocycles. The summed E-state index contributed by atoms with van der Waals surface area (Å²) in [5.41, 5.74) is 0.539. The van der Waals surface area contributed by atoms with Crippen molar-refractivity contribution < 1.29 is 14.3 Å². The number of carbonyl (C=O) groups excluding carboxylic acids is 2. The highest BCUT2D eigenvalue weighted by atomic mass is 16.6. The summed E-state index contributed by atoms with van der Waals surface area (Å²) in [5.74, 6) is 0.437. The minimum Gasteiger partial charge on any atom is -0.444 e. The van der Waals surface area contributed by atoms with Crippen LogP contribution < -0.4 is 0 Å². The van der Waals surface area contributed by atoms with E-state index in [9.17, 15) is 9.59 Å². The lowest BCUT2D eigenvalue weighted by atomic mass is 10.1. The van der Waals surface area contributed by atoms with Gasteiger partial charge in [-0.25, -0.2) is 4.79 Å². The zero-order valence-corrected chi connectivity index (χ0v) is 16.4. The number of ether oxygens (including phenoxy) is 1. The van der Waals surface area contributed by atoms with E-state index < -0.39 is 5.60 Å². The molecule has 2 amide bonds. The number of aromatic nitrogens is 1. The quantitative estimate of drug-likeness (QED) is 0.778. The molecular weight excluding hydrogens is 330 g/mol. The molecule has 6 nitrogen and oxygen atoms in total. The molecule has 1 aliphatic rings. The zero-order chi connectivity index (χ0) is 19.2. The lowest BCUT2D eigenvalue weighted by Crippen LogP contribution is -2.38. The van der Waals surface area contributed by atoms with Gasteiger partial charge in [0.05, 0.1) is 0 Å². The number of hydrogen-bond donors (Lipinski definition) is 0. The summed E-state index contributed by atoms with van der Waals surface area (Å²) in [6, 6.07) is 3.87. The van der Waals surface area contributed by atoms with E-state index in [0.717, 1.165) is 18.4 Å². The number of carbonyl (C=O) groups is 2. The molecule has 144 valence electrons. The summed E-state index contributed by atoms with van der Waals surface area (Å²) in [4.78, 5) is 32.6. The van der Waals surface area contributed by atoms with Crippen LogP contribution in [0.4, 0.5) is 4.79 Å². The van der Waals surface area contributed by atoms with E-state index in [0.29, 0.717) is 32.6 Å². The van der Waals surface area contributed by atoms with Crippen molar-refractivity contribution in [1.82, 2.24) is 14.8 Å². The Balaban J connectivity index is 1.95. The fraction of sp³-hybridized carbons (Fsp3) is 0.650. The summed E-state index contributed by atoms with van der Waals surface area (Å²) in [6.07, 6.45) is 5.53. The first kappa shape index (κ1) is 20.2. The average Bonchev–Trinajstić information content (AvgIpc) is 3.03. The fourth-order valence-electron chi connectivity index (χ4n) is 3.12. The van der Waals surface area contributed by atoms with Gasteiger partial charge in [0.2, 0.25) is 5.91 Å². The molecule has 1 atom stereocenters. The Labute approximate surface area is 156 Å². The molecule has 1 fully saturated rings. The van der Waals surface area contributed by atoms with Gasteiger partial charge in [0.1, 0.15) is 5.60 Å². The minimum atomic E-state index is -0.487. The third kappa shape index (κ3) is 6.32. The Morgan fingerprint density at radius 1 is 1.38 bits per heavy atom. The first-order valence-electron chi connectivity index (χ1n) is 9.43. The Morgan fingerprint density at radius 3 is 2.77 bits per heavy atom. The molecule has 0 radical (unpaired) electrons. The Kier molecular flexibility index (Phi) is 7.00. The number of rotatable bonds is 6. The Morgan fingerprint density at radius 2 is 2.15 bits per heavy atom. The van der Waals surface area contributed by atoms with E-state index >= 15 is 0 Å². The number of nitrogens with zero attached hydrogens (tertiary/aromatic N) is 3. The Bertz CT molecular complexity index is 598. The molecule has 1 aromatic heterocycles. The molecule has 0 spiro atoms. The van der Waals surface area contributed by atoms with Gasteiger partial charge in [-0.3, -0.25) is 9.78 Å². The topological polar surface area (TPSA) is 62.7 Å². The number of pyridine rings is 1. The molecular formula is C20H31N3O3. The predicted molar refractivity (Wildman–Crippen MR) is 100 cm³/mol. The number of hydrogen-bond acceptors (Lipinski definition) is 4. The van der Waals surface area contributed by atoms with Crippen LogP contribution in [0.5, 0.6) is 0 Å². The maximum absolute atomic E-state index is 12.5. The van der Waals surface area contributed by atoms with Crippen LogP contribution in [0.2, 0.25) is 0 Å². The van der Waals surface area contributed by atoms with Crippen molar-refractivity contribution in [2.45, 2.75) is 59.1 Å². The van der Waals surface area contributed by atoms with Gasteiger partial charge in [-0.2, -0.15) is 0 Å². The van der Waals surface area contributed by atoms with Gasteiger partial charge in [-0.05, 0) is 51.2 Å². The SMILES string of the molecule is CCCC(=O)N(Cc1cccnc1)CC1CCN(C(=O)OC(C)(C)C)C1. The van der Waals surface area contributed by atoms with E-state index in [2.05, 4.69) is 4.98 Å². The first-order valence-corrected chi connectivity index (χ1v) is 9.43. The van der Waals surface area contributed by atoms with Crippen LogP contribution in [-0.2, 0) is 16.1 Å². The number of amides is 2. The largest absolute Gasteiger partial charge is 0.444 e. The monoisotopic (exact) mass is 361 g/mol.